The van der Waals surface area contributed by atoms with E-state index in [1.165, 1.54) is 33.4 Å². The van der Waals surface area contributed by atoms with E-state index in [0.717, 1.165) is 17.1 Å². The van der Waals surface area contributed by atoms with E-state index in [1.807, 2.05) is 18.2 Å². The minimum atomic E-state index is -0.505. The van der Waals surface area contributed by atoms with E-state index in [1.54, 1.807) is 21.3 Å². The smallest absolute Gasteiger partial charge is 0.205 e. The maximum Gasteiger partial charge on any atom is 0.205 e. The molecule has 0 unspecified atom stereocenters. The summed E-state index contributed by atoms with van der Waals surface area (Å²) in [6.07, 6.45) is 0. The van der Waals surface area contributed by atoms with Crippen molar-refractivity contribution in [1.29, 1.82) is 0 Å². The molecular weight excluding hydrogens is 542 g/mol. The number of hydrogen-bond acceptors (Lipinski definition) is 4. The average molecular weight is 576 g/mol. The average Bonchev–Trinajstić information content (AvgIpc) is 3.39. The van der Waals surface area contributed by atoms with Gasteiger partial charge in [0.05, 0.1) is 32.4 Å². The van der Waals surface area contributed by atoms with Gasteiger partial charge in [-0.2, -0.15) is 0 Å². The van der Waals surface area contributed by atoms with Gasteiger partial charge in [-0.15, -0.1) is 0 Å². The molecule has 4 heteroatoms. The third-order valence-corrected chi connectivity index (χ3v) is 8.64. The first kappa shape index (κ1) is 27.4. The topological polar surface area (TPSA) is 30.9 Å². The predicted molar refractivity (Wildman–Crippen MR) is 178 cm³/mol. The molecule has 6 aromatic rings. The molecule has 216 valence electrons. The fraction of sp³-hybridized carbons (Fsp3) is 0.100. The lowest BCUT2D eigenvalue weighted by molar-refractivity contribution is 0.325. The SMILES string of the molecule is COc1ccc(N(c2ccccc2)c2ccc3c(c2)C(c2ccccc2)(c2ccccc2)c2ccccc2-3)c(OC)c1OC. The third kappa shape index (κ3) is 4.14. The third-order valence-electron chi connectivity index (χ3n) is 8.64. The van der Waals surface area contributed by atoms with Crippen molar-refractivity contribution in [3.8, 4) is 28.4 Å². The number of nitrogens with zero attached hydrogens (tertiary/aromatic N) is 1. The second-order valence-electron chi connectivity index (χ2n) is 10.8. The summed E-state index contributed by atoms with van der Waals surface area (Å²) in [6, 6.07) is 51.6. The van der Waals surface area contributed by atoms with E-state index in [0.29, 0.717) is 17.2 Å². The first-order chi connectivity index (χ1) is 21.7. The monoisotopic (exact) mass is 575 g/mol. The summed E-state index contributed by atoms with van der Waals surface area (Å²) in [6.45, 7) is 0. The summed E-state index contributed by atoms with van der Waals surface area (Å²) in [5.41, 5.74) is 9.78. The quantitative estimate of drug-likeness (QED) is 0.181. The summed E-state index contributed by atoms with van der Waals surface area (Å²) >= 11 is 0. The second kappa shape index (κ2) is 11.3. The standard InChI is InChI=1S/C40H33NO3/c1-42-37-26-25-36(38(43-2)39(37)44-3)41(30-19-11-6-12-20-30)31-23-24-33-32-21-13-14-22-34(32)40(35(33)27-31,28-15-7-4-8-16-28)29-17-9-5-10-18-29/h4-27H,1-3H3. The van der Waals surface area contributed by atoms with Crippen LogP contribution in [0.1, 0.15) is 22.3 Å². The van der Waals surface area contributed by atoms with Crippen LogP contribution in [0.15, 0.2) is 146 Å². The molecule has 0 amide bonds. The van der Waals surface area contributed by atoms with Gasteiger partial charge in [-0.25, -0.2) is 0 Å². The molecular formula is C40H33NO3. The summed E-state index contributed by atoms with van der Waals surface area (Å²) < 4.78 is 17.4. The van der Waals surface area contributed by atoms with E-state index in [-0.39, 0.29) is 0 Å². The van der Waals surface area contributed by atoms with E-state index < -0.39 is 5.41 Å². The Balaban J connectivity index is 1.55. The Morgan fingerprint density at radius 2 is 1.02 bits per heavy atom. The lowest BCUT2D eigenvalue weighted by Crippen LogP contribution is -2.28. The minimum absolute atomic E-state index is 0.505. The summed E-state index contributed by atoms with van der Waals surface area (Å²) in [7, 11) is 4.94. The summed E-state index contributed by atoms with van der Waals surface area (Å²) in [5, 5.41) is 0. The number of hydrogen-bond donors (Lipinski definition) is 0. The number of anilines is 3. The van der Waals surface area contributed by atoms with Crippen LogP contribution < -0.4 is 19.1 Å². The van der Waals surface area contributed by atoms with Gasteiger partial charge in [0.25, 0.3) is 0 Å². The van der Waals surface area contributed by atoms with Gasteiger partial charge in [0.2, 0.25) is 5.75 Å². The lowest BCUT2D eigenvalue weighted by Gasteiger charge is -2.35. The molecule has 0 heterocycles. The normalized spacial score (nSPS) is 12.6. The molecule has 6 aromatic carbocycles. The summed E-state index contributed by atoms with van der Waals surface area (Å²) in [5.74, 6) is 1.75. The van der Waals surface area contributed by atoms with Crippen LogP contribution in [0.3, 0.4) is 0 Å². The van der Waals surface area contributed by atoms with Gasteiger partial charge in [-0.3, -0.25) is 0 Å². The molecule has 0 N–H and O–H groups in total. The Bertz CT molecular complexity index is 1880. The highest BCUT2D eigenvalue weighted by Gasteiger charge is 2.46. The van der Waals surface area contributed by atoms with Crippen molar-refractivity contribution >= 4 is 17.1 Å². The molecule has 0 radical (unpaired) electrons. The van der Waals surface area contributed by atoms with Crippen LogP contribution in [0.2, 0.25) is 0 Å². The van der Waals surface area contributed by atoms with Crippen molar-refractivity contribution in [3.05, 3.63) is 168 Å². The van der Waals surface area contributed by atoms with Crippen molar-refractivity contribution in [2.45, 2.75) is 5.41 Å². The van der Waals surface area contributed by atoms with Crippen molar-refractivity contribution in [3.63, 3.8) is 0 Å². The molecule has 1 aliphatic rings. The fourth-order valence-corrected chi connectivity index (χ4v) is 6.84. The van der Waals surface area contributed by atoms with Crippen molar-refractivity contribution in [2.75, 3.05) is 26.2 Å². The maximum absolute atomic E-state index is 6.01. The zero-order valence-corrected chi connectivity index (χ0v) is 25.0. The Morgan fingerprint density at radius 3 is 1.64 bits per heavy atom. The molecule has 0 atom stereocenters. The molecule has 0 aromatic heterocycles. The predicted octanol–water partition coefficient (Wildman–Crippen LogP) is 9.55. The molecule has 0 saturated carbocycles. The Hall–Kier alpha value is -5.48. The second-order valence-corrected chi connectivity index (χ2v) is 10.8. The number of ether oxygens (including phenoxy) is 3. The molecule has 4 nitrogen and oxygen atoms in total. The van der Waals surface area contributed by atoms with E-state index >= 15 is 0 Å². The highest BCUT2D eigenvalue weighted by Crippen LogP contribution is 2.57. The zero-order chi connectivity index (χ0) is 30.1. The number of fused-ring (bicyclic) bond motifs is 3. The van der Waals surface area contributed by atoms with E-state index in [2.05, 4.69) is 132 Å². The molecule has 44 heavy (non-hydrogen) atoms. The van der Waals surface area contributed by atoms with Crippen LogP contribution in [-0.2, 0) is 5.41 Å². The largest absolute Gasteiger partial charge is 0.493 e. The minimum Gasteiger partial charge on any atom is -0.493 e. The van der Waals surface area contributed by atoms with Gasteiger partial charge in [-0.1, -0.05) is 109 Å². The maximum atomic E-state index is 6.01. The molecule has 0 fully saturated rings. The number of methoxy groups -OCH3 is 3. The van der Waals surface area contributed by atoms with Crippen LogP contribution in [0.4, 0.5) is 17.1 Å². The van der Waals surface area contributed by atoms with Gasteiger partial charge in [0.15, 0.2) is 11.5 Å². The summed E-state index contributed by atoms with van der Waals surface area (Å²) in [4.78, 5) is 2.23. The molecule has 0 spiro atoms. The van der Waals surface area contributed by atoms with E-state index in [4.69, 9.17) is 14.2 Å². The Kier molecular flexibility index (Phi) is 7.03. The molecule has 1 aliphatic carbocycles. The Morgan fingerprint density at radius 1 is 0.455 bits per heavy atom. The number of rotatable bonds is 8. The Labute approximate surface area is 258 Å². The van der Waals surface area contributed by atoms with Crippen molar-refractivity contribution < 1.29 is 14.2 Å². The van der Waals surface area contributed by atoms with E-state index in [9.17, 15) is 0 Å². The van der Waals surface area contributed by atoms with Crippen LogP contribution in [0.25, 0.3) is 11.1 Å². The van der Waals surface area contributed by atoms with Gasteiger partial charge in [0.1, 0.15) is 0 Å². The zero-order valence-electron chi connectivity index (χ0n) is 25.0. The first-order valence-corrected chi connectivity index (χ1v) is 14.7. The van der Waals surface area contributed by atoms with Crippen LogP contribution in [0, 0.1) is 0 Å². The highest BCUT2D eigenvalue weighted by molar-refractivity contribution is 5.90. The van der Waals surface area contributed by atoms with Crippen molar-refractivity contribution in [2.24, 2.45) is 0 Å². The van der Waals surface area contributed by atoms with Crippen LogP contribution in [-0.4, -0.2) is 21.3 Å². The van der Waals surface area contributed by atoms with Crippen molar-refractivity contribution in [1.82, 2.24) is 0 Å². The molecule has 7 rings (SSSR count). The highest BCUT2D eigenvalue weighted by atomic mass is 16.5. The number of para-hydroxylation sites is 1. The molecule has 0 aliphatic heterocycles. The first-order valence-electron chi connectivity index (χ1n) is 14.7. The van der Waals surface area contributed by atoms with Gasteiger partial charge in [0, 0.05) is 11.4 Å². The lowest BCUT2D eigenvalue weighted by atomic mass is 9.67. The van der Waals surface area contributed by atoms with Crippen LogP contribution in [0.5, 0.6) is 17.2 Å². The molecule has 0 saturated heterocycles. The number of benzene rings is 6. The molecule has 0 bridgehead atoms. The van der Waals surface area contributed by atoms with Crippen LogP contribution >= 0.6 is 0 Å². The van der Waals surface area contributed by atoms with Gasteiger partial charge < -0.3 is 19.1 Å². The van der Waals surface area contributed by atoms with Gasteiger partial charge in [-0.05, 0) is 69.8 Å². The van der Waals surface area contributed by atoms with Gasteiger partial charge >= 0.3 is 0 Å². The fourth-order valence-electron chi connectivity index (χ4n) is 6.84.